The number of aryl methyl sites for hydroxylation is 1. The lowest BCUT2D eigenvalue weighted by Crippen LogP contribution is -2.50. The zero-order valence-corrected chi connectivity index (χ0v) is 21.0. The predicted octanol–water partition coefficient (Wildman–Crippen LogP) is 3.93. The quantitative estimate of drug-likeness (QED) is 0.563. The molecule has 1 aliphatic heterocycles. The molecule has 2 aliphatic rings. The lowest BCUT2D eigenvalue weighted by atomic mass is 10.1. The van der Waals surface area contributed by atoms with Crippen LogP contribution < -0.4 is 15.3 Å². The minimum absolute atomic E-state index is 0.0642. The third kappa shape index (κ3) is 5.89. The van der Waals surface area contributed by atoms with E-state index in [-0.39, 0.29) is 18.1 Å². The molecule has 1 N–H and O–H groups in total. The van der Waals surface area contributed by atoms with E-state index in [1.807, 2.05) is 25.1 Å². The van der Waals surface area contributed by atoms with E-state index >= 15 is 0 Å². The van der Waals surface area contributed by atoms with E-state index in [9.17, 15) is 22.8 Å². The van der Waals surface area contributed by atoms with E-state index in [0.29, 0.717) is 36.1 Å². The van der Waals surface area contributed by atoms with Crippen molar-refractivity contribution in [3.63, 3.8) is 0 Å². The maximum atomic E-state index is 13.9. The summed E-state index contributed by atoms with van der Waals surface area (Å²) in [5.74, 6) is -0.969. The highest BCUT2D eigenvalue weighted by molar-refractivity contribution is 6.31. The lowest BCUT2D eigenvalue weighted by molar-refractivity contribution is -0.141. The molecule has 1 aromatic carbocycles. The average molecular weight is 525 g/mol. The second-order valence-corrected chi connectivity index (χ2v) is 9.85. The van der Waals surface area contributed by atoms with Gasteiger partial charge in [-0.15, -0.1) is 0 Å². The van der Waals surface area contributed by atoms with Crippen LogP contribution in [-0.2, 0) is 15.8 Å². The number of carbonyl (C=O) groups is 2. The Hall–Kier alpha value is -2.92. The highest BCUT2D eigenvalue weighted by Gasteiger charge is 2.42. The number of amides is 2. The van der Waals surface area contributed by atoms with Crippen molar-refractivity contribution < 1.29 is 22.8 Å². The van der Waals surface area contributed by atoms with Crippen molar-refractivity contribution in [2.75, 3.05) is 37.1 Å². The fourth-order valence-electron chi connectivity index (χ4n) is 4.22. The number of aromatic nitrogens is 2. The molecule has 12 heteroatoms. The number of carbonyl (C=O) groups excluding carboxylic acids is 2. The Morgan fingerprint density at radius 1 is 1.19 bits per heavy atom. The fraction of sp³-hybridized carbons (Fsp3) is 0.500. The minimum Gasteiger partial charge on any atom is -0.310 e. The van der Waals surface area contributed by atoms with Crippen LogP contribution in [0.15, 0.2) is 24.3 Å². The Kier molecular flexibility index (Phi) is 7.42. The van der Waals surface area contributed by atoms with E-state index in [1.54, 1.807) is 17.0 Å². The minimum atomic E-state index is -4.70. The molecule has 1 saturated carbocycles. The summed E-state index contributed by atoms with van der Waals surface area (Å²) in [6.45, 7) is 2.47. The van der Waals surface area contributed by atoms with Crippen LogP contribution in [0.25, 0.3) is 0 Å². The second kappa shape index (κ2) is 10.2. The van der Waals surface area contributed by atoms with Crippen LogP contribution in [0.1, 0.15) is 48.6 Å². The SMILES string of the molecule is Cc1cc(C(F)(F)F)nc(N2NC(=O)CC2C(=O)N(CCCN(C)C)c2ccc(Cl)c(C3CC3)c2)n1. The number of hydrogen-bond donors (Lipinski definition) is 1. The van der Waals surface area contributed by atoms with Gasteiger partial charge < -0.3 is 9.80 Å². The van der Waals surface area contributed by atoms with Gasteiger partial charge in [0, 0.05) is 22.9 Å². The van der Waals surface area contributed by atoms with Gasteiger partial charge in [0.2, 0.25) is 11.9 Å². The Labute approximate surface area is 212 Å². The number of halogens is 4. The number of hydrogen-bond acceptors (Lipinski definition) is 6. The average Bonchev–Trinajstić information content (AvgIpc) is 3.56. The van der Waals surface area contributed by atoms with Crippen LogP contribution in [0, 0.1) is 6.92 Å². The third-order valence-corrected chi connectivity index (χ3v) is 6.47. The Balaban J connectivity index is 1.68. The molecule has 0 radical (unpaired) electrons. The van der Waals surface area contributed by atoms with Gasteiger partial charge >= 0.3 is 6.18 Å². The molecular weight excluding hydrogens is 497 g/mol. The Morgan fingerprint density at radius 2 is 1.92 bits per heavy atom. The molecule has 2 aromatic rings. The standard InChI is InChI=1S/C24H28ClF3N6O2/c1-14-11-20(24(26,27)28)30-23(29-14)34-19(13-21(35)31-34)22(36)33(10-4-9-32(2)3)16-7-8-18(25)17(12-16)15-5-6-15/h7-8,11-12,15,19H,4-6,9-10,13H2,1-3H3,(H,31,35). The third-order valence-electron chi connectivity index (χ3n) is 6.13. The number of nitrogens with zero attached hydrogens (tertiary/aromatic N) is 5. The zero-order valence-electron chi connectivity index (χ0n) is 20.3. The van der Waals surface area contributed by atoms with Gasteiger partial charge in [0.1, 0.15) is 11.7 Å². The van der Waals surface area contributed by atoms with E-state index in [2.05, 4.69) is 15.4 Å². The maximum absolute atomic E-state index is 13.9. The molecule has 1 aromatic heterocycles. The second-order valence-electron chi connectivity index (χ2n) is 9.44. The number of alkyl halides is 3. The molecule has 1 aliphatic carbocycles. The smallest absolute Gasteiger partial charge is 0.310 e. The van der Waals surface area contributed by atoms with Gasteiger partial charge in [-0.3, -0.25) is 15.0 Å². The van der Waals surface area contributed by atoms with Crippen molar-refractivity contribution >= 4 is 35.1 Å². The van der Waals surface area contributed by atoms with Crippen molar-refractivity contribution in [1.82, 2.24) is 20.3 Å². The summed E-state index contributed by atoms with van der Waals surface area (Å²) >= 11 is 6.40. The zero-order chi connectivity index (χ0) is 26.2. The molecule has 1 saturated heterocycles. The van der Waals surface area contributed by atoms with Gasteiger partial charge in [0.05, 0.1) is 6.42 Å². The molecule has 0 spiro atoms. The first kappa shape index (κ1) is 26.2. The van der Waals surface area contributed by atoms with Gasteiger partial charge in [-0.1, -0.05) is 11.6 Å². The normalized spacial score (nSPS) is 18.1. The monoisotopic (exact) mass is 524 g/mol. The molecule has 36 heavy (non-hydrogen) atoms. The molecule has 1 atom stereocenters. The first-order valence-corrected chi connectivity index (χ1v) is 12.1. The fourth-order valence-corrected chi connectivity index (χ4v) is 4.49. The molecule has 4 rings (SSSR count). The summed E-state index contributed by atoms with van der Waals surface area (Å²) in [7, 11) is 3.85. The van der Waals surface area contributed by atoms with Crippen molar-refractivity contribution in [2.24, 2.45) is 0 Å². The van der Waals surface area contributed by atoms with Crippen LogP contribution in [0.5, 0.6) is 0 Å². The van der Waals surface area contributed by atoms with Crippen molar-refractivity contribution in [2.45, 2.75) is 50.7 Å². The number of nitrogens with one attached hydrogen (secondary N) is 1. The summed E-state index contributed by atoms with van der Waals surface area (Å²) in [6.07, 6.45) is -2.23. The molecule has 8 nitrogen and oxygen atoms in total. The van der Waals surface area contributed by atoms with Gasteiger partial charge in [-0.05, 0) is 82.6 Å². The molecular formula is C24H28ClF3N6O2. The van der Waals surface area contributed by atoms with E-state index in [0.717, 1.165) is 29.5 Å². The topological polar surface area (TPSA) is 81.7 Å². The molecule has 2 fully saturated rings. The highest BCUT2D eigenvalue weighted by atomic mass is 35.5. The highest BCUT2D eigenvalue weighted by Crippen LogP contribution is 2.44. The van der Waals surface area contributed by atoms with Gasteiger partial charge in [-0.25, -0.2) is 15.0 Å². The van der Waals surface area contributed by atoms with Gasteiger partial charge in [0.25, 0.3) is 5.91 Å². The van der Waals surface area contributed by atoms with Crippen molar-refractivity contribution in [3.8, 4) is 0 Å². The first-order valence-electron chi connectivity index (χ1n) is 11.7. The molecule has 2 heterocycles. The maximum Gasteiger partial charge on any atom is 0.433 e. The van der Waals surface area contributed by atoms with E-state index < -0.39 is 29.7 Å². The summed E-state index contributed by atoms with van der Waals surface area (Å²) in [4.78, 5) is 37.5. The van der Waals surface area contributed by atoms with Crippen LogP contribution in [0.4, 0.5) is 24.8 Å². The Morgan fingerprint density at radius 3 is 2.56 bits per heavy atom. The van der Waals surface area contributed by atoms with Crippen LogP contribution in [0.2, 0.25) is 5.02 Å². The number of anilines is 2. The largest absolute Gasteiger partial charge is 0.433 e. The van der Waals surface area contributed by atoms with Crippen LogP contribution in [0.3, 0.4) is 0 Å². The predicted molar refractivity (Wildman–Crippen MR) is 130 cm³/mol. The number of hydrazine groups is 1. The van der Waals surface area contributed by atoms with Gasteiger partial charge in [-0.2, -0.15) is 13.2 Å². The Bertz CT molecular complexity index is 1160. The molecule has 194 valence electrons. The summed E-state index contributed by atoms with van der Waals surface area (Å²) < 4.78 is 40.1. The molecule has 2 amide bonds. The summed E-state index contributed by atoms with van der Waals surface area (Å²) in [6, 6.07) is 5.11. The summed E-state index contributed by atoms with van der Waals surface area (Å²) in [5, 5.41) is 1.68. The van der Waals surface area contributed by atoms with E-state index in [1.165, 1.54) is 6.92 Å². The van der Waals surface area contributed by atoms with E-state index in [4.69, 9.17) is 11.6 Å². The van der Waals surface area contributed by atoms with Crippen LogP contribution >= 0.6 is 11.6 Å². The van der Waals surface area contributed by atoms with Gasteiger partial charge in [0.15, 0.2) is 0 Å². The summed E-state index contributed by atoms with van der Waals surface area (Å²) in [5.41, 5.74) is 2.98. The number of benzene rings is 1. The first-order chi connectivity index (χ1) is 16.9. The lowest BCUT2D eigenvalue weighted by Gasteiger charge is -2.30. The number of rotatable bonds is 8. The van der Waals surface area contributed by atoms with Crippen LogP contribution in [-0.4, -0.2) is 59.9 Å². The van der Waals surface area contributed by atoms with Crippen molar-refractivity contribution in [3.05, 3.63) is 46.2 Å². The molecule has 0 bridgehead atoms. The van der Waals surface area contributed by atoms with Crippen molar-refractivity contribution in [1.29, 1.82) is 0 Å². The molecule has 1 unspecified atom stereocenters.